The molecule has 0 radical (unpaired) electrons. The van der Waals surface area contributed by atoms with Gasteiger partial charge in [-0.25, -0.2) is 0 Å². The third-order valence-corrected chi connectivity index (χ3v) is 5.38. The summed E-state index contributed by atoms with van der Waals surface area (Å²) in [6, 6.07) is 0. The van der Waals surface area contributed by atoms with E-state index in [2.05, 4.69) is 24.1 Å². The molecule has 1 unspecified atom stereocenters. The van der Waals surface area contributed by atoms with Crippen LogP contribution in [0.5, 0.6) is 0 Å². The molecule has 1 N–H and O–H groups in total. The van der Waals surface area contributed by atoms with Gasteiger partial charge in [0.25, 0.3) is 0 Å². The Labute approximate surface area is 141 Å². The van der Waals surface area contributed by atoms with E-state index in [0.29, 0.717) is 5.91 Å². The molecule has 5 heteroatoms. The molecule has 2 aliphatic rings. The van der Waals surface area contributed by atoms with Crippen molar-refractivity contribution in [3.05, 3.63) is 0 Å². The Balaban J connectivity index is 1.59. The van der Waals surface area contributed by atoms with E-state index < -0.39 is 0 Å². The Morgan fingerprint density at radius 1 is 1.22 bits per heavy atom. The van der Waals surface area contributed by atoms with Gasteiger partial charge < -0.3 is 19.9 Å². The zero-order valence-corrected chi connectivity index (χ0v) is 15.1. The molecular weight excluding hydrogens is 290 g/mol. The van der Waals surface area contributed by atoms with Crippen LogP contribution in [0.15, 0.2) is 0 Å². The number of carbonyl (C=O) groups is 1. The number of rotatable bonds is 9. The van der Waals surface area contributed by atoms with Crippen LogP contribution < -0.4 is 5.32 Å². The highest BCUT2D eigenvalue weighted by atomic mass is 16.5. The van der Waals surface area contributed by atoms with Crippen LogP contribution in [0.1, 0.15) is 46.0 Å². The van der Waals surface area contributed by atoms with Gasteiger partial charge in [-0.15, -0.1) is 0 Å². The summed E-state index contributed by atoms with van der Waals surface area (Å²) in [4.78, 5) is 16.7. The number of likely N-dealkylation sites (N-methyl/N-ethyl adjacent to an activating group) is 1. The molecule has 0 spiro atoms. The van der Waals surface area contributed by atoms with Crippen molar-refractivity contribution < 1.29 is 9.53 Å². The first-order valence-electron chi connectivity index (χ1n) is 9.55. The average Bonchev–Trinajstić information content (AvgIpc) is 3.06. The fourth-order valence-corrected chi connectivity index (χ4v) is 3.64. The van der Waals surface area contributed by atoms with Crippen LogP contribution in [0, 0.1) is 5.92 Å². The molecule has 134 valence electrons. The number of carbonyl (C=O) groups excluding carboxylic acids is 1. The predicted molar refractivity (Wildman–Crippen MR) is 93.6 cm³/mol. The second kappa shape index (κ2) is 10.3. The van der Waals surface area contributed by atoms with Crippen LogP contribution in [0.25, 0.3) is 0 Å². The molecule has 0 bridgehead atoms. The first-order valence-corrected chi connectivity index (χ1v) is 9.55. The third-order valence-electron chi connectivity index (χ3n) is 5.38. The van der Waals surface area contributed by atoms with Gasteiger partial charge in [-0.3, -0.25) is 4.79 Å². The second-order valence-electron chi connectivity index (χ2n) is 6.88. The van der Waals surface area contributed by atoms with Crippen molar-refractivity contribution in [2.45, 2.75) is 52.1 Å². The van der Waals surface area contributed by atoms with Crippen LogP contribution in [-0.2, 0) is 9.53 Å². The van der Waals surface area contributed by atoms with Gasteiger partial charge in [0.2, 0.25) is 5.91 Å². The average molecular weight is 325 g/mol. The van der Waals surface area contributed by atoms with Crippen molar-refractivity contribution in [3.63, 3.8) is 0 Å². The molecule has 0 saturated carbocycles. The summed E-state index contributed by atoms with van der Waals surface area (Å²) in [7, 11) is 0. The number of nitrogens with one attached hydrogen (secondary N) is 1. The topological polar surface area (TPSA) is 44.8 Å². The molecule has 2 heterocycles. The lowest BCUT2D eigenvalue weighted by molar-refractivity contribution is -0.131. The minimum atomic E-state index is 0.244. The molecule has 2 rings (SSSR count). The molecule has 0 aromatic heterocycles. The van der Waals surface area contributed by atoms with Crippen LogP contribution in [0.2, 0.25) is 0 Å². The van der Waals surface area contributed by atoms with Crippen LogP contribution >= 0.6 is 0 Å². The first kappa shape index (κ1) is 18.7. The molecule has 23 heavy (non-hydrogen) atoms. The number of ether oxygens (including phenoxy) is 1. The second-order valence-corrected chi connectivity index (χ2v) is 6.88. The number of piperidine rings is 1. The number of amides is 1. The summed E-state index contributed by atoms with van der Waals surface area (Å²) >= 11 is 0. The zero-order valence-electron chi connectivity index (χ0n) is 15.1. The summed E-state index contributed by atoms with van der Waals surface area (Å²) in [5.74, 6) is 1.07. The van der Waals surface area contributed by atoms with Gasteiger partial charge in [-0.05, 0) is 57.8 Å². The lowest BCUT2D eigenvalue weighted by Crippen LogP contribution is -2.33. The van der Waals surface area contributed by atoms with Crippen LogP contribution in [0.4, 0.5) is 0 Å². The smallest absolute Gasteiger partial charge is 0.222 e. The monoisotopic (exact) mass is 325 g/mol. The van der Waals surface area contributed by atoms with Crippen molar-refractivity contribution in [1.29, 1.82) is 0 Å². The first-order chi connectivity index (χ1) is 11.2. The summed E-state index contributed by atoms with van der Waals surface area (Å²) < 4.78 is 5.97. The highest BCUT2D eigenvalue weighted by Crippen LogP contribution is 2.20. The predicted octanol–water partition coefficient (Wildman–Crippen LogP) is 1.73. The maximum Gasteiger partial charge on any atom is 0.222 e. The van der Waals surface area contributed by atoms with Crippen LogP contribution in [0.3, 0.4) is 0 Å². The SMILES string of the molecule is CCN(CC)CCOC1CCN(C(=O)CCC2CCNCC2)C1. The van der Waals surface area contributed by atoms with E-state index in [1.54, 1.807) is 0 Å². The standard InChI is InChI=1S/C18H35N3O2/c1-3-20(4-2)13-14-23-17-9-12-21(15-17)18(22)6-5-16-7-10-19-11-8-16/h16-17,19H,3-15H2,1-2H3. The van der Waals surface area contributed by atoms with Crippen molar-refractivity contribution >= 4 is 5.91 Å². The Hall–Kier alpha value is -0.650. The highest BCUT2D eigenvalue weighted by molar-refractivity contribution is 5.76. The van der Waals surface area contributed by atoms with Gasteiger partial charge in [-0.2, -0.15) is 0 Å². The maximum absolute atomic E-state index is 12.4. The Kier molecular flexibility index (Phi) is 8.34. The molecular formula is C18H35N3O2. The largest absolute Gasteiger partial charge is 0.375 e. The number of nitrogens with zero attached hydrogens (tertiary/aromatic N) is 2. The zero-order chi connectivity index (χ0) is 16.5. The molecule has 2 saturated heterocycles. The lowest BCUT2D eigenvalue weighted by Gasteiger charge is -2.23. The molecule has 0 aromatic carbocycles. The van der Waals surface area contributed by atoms with E-state index in [9.17, 15) is 4.79 Å². The molecule has 0 aliphatic carbocycles. The van der Waals surface area contributed by atoms with Crippen LogP contribution in [-0.4, -0.2) is 74.2 Å². The normalized spacial score (nSPS) is 22.9. The molecule has 1 amide bonds. The summed E-state index contributed by atoms with van der Waals surface area (Å²) in [5.41, 5.74) is 0. The van der Waals surface area contributed by atoms with E-state index in [1.807, 2.05) is 4.90 Å². The van der Waals surface area contributed by atoms with Gasteiger partial charge in [0.05, 0.1) is 12.7 Å². The number of hydrogen-bond acceptors (Lipinski definition) is 4. The fraction of sp³-hybridized carbons (Fsp3) is 0.944. The van der Waals surface area contributed by atoms with E-state index in [4.69, 9.17) is 4.74 Å². The summed E-state index contributed by atoms with van der Waals surface area (Å²) in [6.45, 7) is 12.2. The van der Waals surface area contributed by atoms with Crippen molar-refractivity contribution in [3.8, 4) is 0 Å². The Morgan fingerprint density at radius 3 is 2.65 bits per heavy atom. The lowest BCUT2D eigenvalue weighted by atomic mass is 9.93. The van der Waals surface area contributed by atoms with E-state index >= 15 is 0 Å². The maximum atomic E-state index is 12.4. The van der Waals surface area contributed by atoms with Gasteiger partial charge >= 0.3 is 0 Å². The van der Waals surface area contributed by atoms with E-state index in [1.165, 1.54) is 12.8 Å². The Bertz CT molecular complexity index is 341. The molecule has 2 fully saturated rings. The van der Waals surface area contributed by atoms with Gasteiger partial charge in [-0.1, -0.05) is 13.8 Å². The van der Waals surface area contributed by atoms with Crippen molar-refractivity contribution in [1.82, 2.24) is 15.1 Å². The molecule has 1 atom stereocenters. The third kappa shape index (κ3) is 6.40. The Morgan fingerprint density at radius 2 is 1.96 bits per heavy atom. The number of hydrogen-bond donors (Lipinski definition) is 1. The molecule has 5 nitrogen and oxygen atoms in total. The van der Waals surface area contributed by atoms with E-state index in [-0.39, 0.29) is 6.10 Å². The minimum Gasteiger partial charge on any atom is -0.375 e. The summed E-state index contributed by atoms with van der Waals surface area (Å²) in [6.07, 6.45) is 5.47. The van der Waals surface area contributed by atoms with Crippen molar-refractivity contribution in [2.24, 2.45) is 5.92 Å². The van der Waals surface area contributed by atoms with Crippen molar-refractivity contribution in [2.75, 3.05) is 52.4 Å². The van der Waals surface area contributed by atoms with Gasteiger partial charge in [0.15, 0.2) is 0 Å². The van der Waals surface area contributed by atoms with Gasteiger partial charge in [0, 0.05) is 26.1 Å². The number of likely N-dealkylation sites (tertiary alicyclic amines) is 1. The van der Waals surface area contributed by atoms with E-state index in [0.717, 1.165) is 77.6 Å². The molecule has 0 aromatic rings. The highest BCUT2D eigenvalue weighted by Gasteiger charge is 2.27. The summed E-state index contributed by atoms with van der Waals surface area (Å²) in [5, 5.41) is 3.38. The fourth-order valence-electron chi connectivity index (χ4n) is 3.64. The molecule has 2 aliphatic heterocycles. The minimum absolute atomic E-state index is 0.244. The van der Waals surface area contributed by atoms with Gasteiger partial charge in [0.1, 0.15) is 0 Å². The quantitative estimate of drug-likeness (QED) is 0.701.